The fourth-order valence-electron chi connectivity index (χ4n) is 5.43. The van der Waals surface area contributed by atoms with E-state index in [0.29, 0.717) is 45.1 Å². The minimum atomic E-state index is -0.155. The number of nitrogen functional groups attached to an aromatic ring is 1. The first kappa shape index (κ1) is 23.1. The van der Waals surface area contributed by atoms with E-state index in [4.69, 9.17) is 32.0 Å². The van der Waals surface area contributed by atoms with Crippen molar-refractivity contribution >= 4 is 35.0 Å². The number of aromatic nitrogens is 3. The third-order valence-corrected chi connectivity index (χ3v) is 9.23. The third kappa shape index (κ3) is 4.67. The number of aliphatic hydroxyl groups excluding tert-OH is 1. The molecule has 9 heteroatoms. The first-order chi connectivity index (χ1) is 15.9. The molecule has 0 unspecified atom stereocenters. The standard InChI is InChI=1S/C24H32ClN5O2S/c1-14-11-17(32-16-3-4-16)12-24(14)6-9-30(10-7-24)22-18(13-31)29-23(15(2)28-22)33-19-5-8-27-21(26)20(19)25/h5,8,14,16-17,31H,3-4,6-7,9-13H2,1-2H3,(H2,26,27)/t14-,17+/m1/s1. The Kier molecular flexibility index (Phi) is 6.46. The fourth-order valence-corrected chi connectivity index (χ4v) is 6.54. The SMILES string of the molecule is Cc1nc(N2CCC3(CC2)C[C@@H](OC2CC2)C[C@H]3C)c(CO)nc1Sc1ccnc(N)c1Cl. The molecule has 5 rings (SSSR count). The van der Waals surface area contributed by atoms with Gasteiger partial charge in [-0.2, -0.15) is 0 Å². The van der Waals surface area contributed by atoms with Gasteiger partial charge in [0, 0.05) is 24.2 Å². The molecule has 0 bridgehead atoms. The third-order valence-electron chi connectivity index (χ3n) is 7.58. The molecule has 2 atom stereocenters. The average molecular weight is 490 g/mol. The quantitative estimate of drug-likeness (QED) is 0.606. The van der Waals surface area contributed by atoms with E-state index in [9.17, 15) is 5.11 Å². The molecule has 0 amide bonds. The topological polar surface area (TPSA) is 97.4 Å². The largest absolute Gasteiger partial charge is 0.390 e. The number of hydrogen-bond donors (Lipinski definition) is 2. The zero-order valence-corrected chi connectivity index (χ0v) is 20.8. The van der Waals surface area contributed by atoms with Crippen molar-refractivity contribution in [2.75, 3.05) is 23.7 Å². The highest BCUT2D eigenvalue weighted by atomic mass is 35.5. The Labute approximate surface area is 204 Å². The Hall–Kier alpha value is -1.61. The molecule has 3 fully saturated rings. The molecule has 2 aromatic rings. The highest BCUT2D eigenvalue weighted by molar-refractivity contribution is 7.99. The second-order valence-corrected chi connectivity index (χ2v) is 11.2. The normalized spacial score (nSPS) is 24.5. The summed E-state index contributed by atoms with van der Waals surface area (Å²) >= 11 is 7.71. The van der Waals surface area contributed by atoms with E-state index in [1.54, 1.807) is 6.20 Å². The van der Waals surface area contributed by atoms with E-state index in [1.807, 2.05) is 13.0 Å². The number of anilines is 2. The van der Waals surface area contributed by atoms with Gasteiger partial charge in [-0.15, -0.1) is 0 Å². The van der Waals surface area contributed by atoms with E-state index in [2.05, 4.69) is 16.8 Å². The van der Waals surface area contributed by atoms with Crippen molar-refractivity contribution in [1.29, 1.82) is 0 Å². The molecular weight excluding hydrogens is 458 g/mol. The van der Waals surface area contributed by atoms with Gasteiger partial charge in [-0.1, -0.05) is 30.3 Å². The van der Waals surface area contributed by atoms with Gasteiger partial charge in [0.2, 0.25) is 0 Å². The molecule has 0 aromatic carbocycles. The number of halogens is 1. The molecule has 0 radical (unpaired) electrons. The monoisotopic (exact) mass is 489 g/mol. The van der Waals surface area contributed by atoms with Gasteiger partial charge in [0.25, 0.3) is 0 Å². The van der Waals surface area contributed by atoms with Crippen molar-refractivity contribution in [3.05, 3.63) is 28.7 Å². The summed E-state index contributed by atoms with van der Waals surface area (Å²) in [6.45, 7) is 6.06. The maximum Gasteiger partial charge on any atom is 0.153 e. The Morgan fingerprint density at radius 1 is 1.27 bits per heavy atom. The minimum absolute atomic E-state index is 0.155. The minimum Gasteiger partial charge on any atom is -0.390 e. The molecular formula is C24H32ClN5O2S. The van der Waals surface area contributed by atoms with Crippen LogP contribution in [0.1, 0.15) is 56.8 Å². The van der Waals surface area contributed by atoms with Crippen LogP contribution in [0, 0.1) is 18.3 Å². The molecule has 1 spiro atoms. The lowest BCUT2D eigenvalue weighted by Crippen LogP contribution is -2.42. The van der Waals surface area contributed by atoms with Crippen LogP contribution in [0.4, 0.5) is 11.6 Å². The molecule has 2 aromatic heterocycles. The van der Waals surface area contributed by atoms with Crippen LogP contribution in [0.3, 0.4) is 0 Å². The lowest BCUT2D eigenvalue weighted by Gasteiger charge is -2.43. The number of nitrogens with two attached hydrogens (primary N) is 1. The highest BCUT2D eigenvalue weighted by Gasteiger charge is 2.48. The zero-order chi connectivity index (χ0) is 23.2. The summed E-state index contributed by atoms with van der Waals surface area (Å²) in [4.78, 5) is 16.7. The van der Waals surface area contributed by atoms with Crippen LogP contribution in [0.25, 0.3) is 0 Å². The van der Waals surface area contributed by atoms with Crippen LogP contribution in [-0.4, -0.2) is 45.4 Å². The average Bonchev–Trinajstić information content (AvgIpc) is 3.57. The molecule has 1 saturated heterocycles. The van der Waals surface area contributed by atoms with Gasteiger partial charge in [0.1, 0.15) is 16.5 Å². The van der Waals surface area contributed by atoms with E-state index in [1.165, 1.54) is 37.4 Å². The summed E-state index contributed by atoms with van der Waals surface area (Å²) < 4.78 is 6.27. The van der Waals surface area contributed by atoms with Crippen molar-refractivity contribution in [1.82, 2.24) is 15.0 Å². The maximum atomic E-state index is 10.1. The van der Waals surface area contributed by atoms with Gasteiger partial charge in [0.15, 0.2) is 5.82 Å². The molecule has 178 valence electrons. The summed E-state index contributed by atoms with van der Waals surface area (Å²) in [5, 5.41) is 11.2. The molecule has 2 aliphatic carbocycles. The number of ether oxygens (including phenoxy) is 1. The van der Waals surface area contributed by atoms with E-state index in [-0.39, 0.29) is 6.61 Å². The fraction of sp³-hybridized carbons (Fsp3) is 0.625. The van der Waals surface area contributed by atoms with Crippen molar-refractivity contribution in [2.45, 2.75) is 81.1 Å². The van der Waals surface area contributed by atoms with Crippen molar-refractivity contribution in [2.24, 2.45) is 11.3 Å². The van der Waals surface area contributed by atoms with Gasteiger partial charge in [-0.25, -0.2) is 15.0 Å². The molecule has 3 N–H and O–H groups in total. The van der Waals surface area contributed by atoms with E-state index < -0.39 is 0 Å². The number of piperidine rings is 1. The predicted molar refractivity (Wildman–Crippen MR) is 131 cm³/mol. The van der Waals surface area contributed by atoms with Gasteiger partial charge in [-0.3, -0.25) is 0 Å². The molecule has 2 saturated carbocycles. The zero-order valence-electron chi connectivity index (χ0n) is 19.3. The number of hydrogen-bond acceptors (Lipinski definition) is 8. The number of pyridine rings is 1. The second-order valence-electron chi connectivity index (χ2n) is 9.80. The van der Waals surface area contributed by atoms with Crippen LogP contribution in [0.2, 0.25) is 5.02 Å². The van der Waals surface area contributed by atoms with Crippen LogP contribution in [0.5, 0.6) is 0 Å². The van der Waals surface area contributed by atoms with Gasteiger partial charge in [0.05, 0.1) is 29.5 Å². The number of aryl methyl sites for hydroxylation is 1. The van der Waals surface area contributed by atoms with Crippen molar-refractivity contribution in [3.8, 4) is 0 Å². The van der Waals surface area contributed by atoms with Crippen molar-refractivity contribution < 1.29 is 9.84 Å². The summed E-state index contributed by atoms with van der Waals surface area (Å²) in [6, 6.07) is 1.81. The first-order valence-electron chi connectivity index (χ1n) is 11.8. The van der Waals surface area contributed by atoms with E-state index in [0.717, 1.165) is 42.3 Å². The molecule has 3 aliphatic rings. The van der Waals surface area contributed by atoms with Gasteiger partial charge in [-0.05, 0) is 62.8 Å². The Morgan fingerprint density at radius 3 is 2.73 bits per heavy atom. The number of aliphatic hydroxyl groups is 1. The van der Waals surface area contributed by atoms with Gasteiger partial charge < -0.3 is 20.5 Å². The predicted octanol–water partition coefficient (Wildman–Crippen LogP) is 4.62. The van der Waals surface area contributed by atoms with Crippen LogP contribution in [0.15, 0.2) is 22.2 Å². The summed E-state index contributed by atoms with van der Waals surface area (Å²) in [6.07, 6.45) is 9.69. The molecule has 1 aliphatic heterocycles. The van der Waals surface area contributed by atoms with Crippen LogP contribution >= 0.6 is 23.4 Å². The van der Waals surface area contributed by atoms with Crippen LogP contribution < -0.4 is 10.6 Å². The smallest absolute Gasteiger partial charge is 0.153 e. The Balaban J connectivity index is 1.30. The molecule has 7 nitrogen and oxygen atoms in total. The van der Waals surface area contributed by atoms with Crippen LogP contribution in [-0.2, 0) is 11.3 Å². The lowest BCUT2D eigenvalue weighted by molar-refractivity contribution is 0.0334. The Bertz CT molecular complexity index is 1030. The number of nitrogens with zero attached hydrogens (tertiary/aromatic N) is 4. The number of rotatable bonds is 6. The summed E-state index contributed by atoms with van der Waals surface area (Å²) in [7, 11) is 0. The second kappa shape index (κ2) is 9.21. The van der Waals surface area contributed by atoms with E-state index >= 15 is 0 Å². The van der Waals surface area contributed by atoms with Gasteiger partial charge >= 0.3 is 0 Å². The first-order valence-corrected chi connectivity index (χ1v) is 13.0. The molecule has 3 heterocycles. The summed E-state index contributed by atoms with van der Waals surface area (Å²) in [5.41, 5.74) is 7.62. The summed E-state index contributed by atoms with van der Waals surface area (Å²) in [5.74, 6) is 1.77. The maximum absolute atomic E-state index is 10.1. The lowest BCUT2D eigenvalue weighted by atomic mass is 9.71. The highest BCUT2D eigenvalue weighted by Crippen LogP contribution is 2.52. The van der Waals surface area contributed by atoms with Crippen molar-refractivity contribution in [3.63, 3.8) is 0 Å². The Morgan fingerprint density at radius 2 is 2.03 bits per heavy atom. The molecule has 33 heavy (non-hydrogen) atoms.